The number of carbonyl (C=O) groups is 2. The summed E-state index contributed by atoms with van der Waals surface area (Å²) in [6.07, 6.45) is 1.78. The Morgan fingerprint density at radius 1 is 1.32 bits per heavy atom. The lowest BCUT2D eigenvalue weighted by Gasteiger charge is -2.24. The predicted octanol–water partition coefficient (Wildman–Crippen LogP) is 2.80. The molecule has 0 amide bonds. The molecular formula is C17H23NO4. The topological polar surface area (TPSA) is 64.6 Å². The largest absolute Gasteiger partial charge is 0.497 e. The number of ether oxygens (including phenoxy) is 2. The zero-order valence-electron chi connectivity index (χ0n) is 13.3. The third kappa shape index (κ3) is 3.24. The van der Waals surface area contributed by atoms with E-state index in [0.29, 0.717) is 19.4 Å². The maximum absolute atomic E-state index is 12.2. The predicted molar refractivity (Wildman–Crippen MR) is 84.0 cm³/mol. The van der Waals surface area contributed by atoms with E-state index in [1.807, 2.05) is 24.3 Å². The van der Waals surface area contributed by atoms with Crippen LogP contribution in [-0.2, 0) is 14.3 Å². The van der Waals surface area contributed by atoms with Gasteiger partial charge in [-0.1, -0.05) is 0 Å². The fourth-order valence-electron chi connectivity index (χ4n) is 3.01. The number of benzene rings is 1. The van der Waals surface area contributed by atoms with Crippen LogP contribution in [0.4, 0.5) is 5.69 Å². The molecule has 0 aromatic heterocycles. The second-order valence-electron chi connectivity index (χ2n) is 5.67. The lowest BCUT2D eigenvalue weighted by Crippen LogP contribution is -2.38. The molecule has 1 aromatic carbocycles. The molecule has 2 rings (SSSR count). The fraction of sp³-hybridized carbons (Fsp3) is 0.529. The summed E-state index contributed by atoms with van der Waals surface area (Å²) in [7, 11) is 1.62. The fourth-order valence-corrected chi connectivity index (χ4v) is 3.01. The first-order valence-corrected chi connectivity index (χ1v) is 7.60. The summed E-state index contributed by atoms with van der Waals surface area (Å²) in [5.74, 6) is 0.299. The van der Waals surface area contributed by atoms with E-state index >= 15 is 0 Å². The van der Waals surface area contributed by atoms with Gasteiger partial charge in [0.05, 0.1) is 13.7 Å². The maximum atomic E-state index is 12.2. The molecule has 0 unspecified atom stereocenters. The highest BCUT2D eigenvalue weighted by Crippen LogP contribution is 2.41. The van der Waals surface area contributed by atoms with Crippen molar-refractivity contribution in [1.29, 1.82) is 0 Å². The number of methoxy groups -OCH3 is 1. The van der Waals surface area contributed by atoms with Crippen LogP contribution >= 0.6 is 0 Å². The van der Waals surface area contributed by atoms with E-state index in [9.17, 15) is 9.59 Å². The molecule has 1 saturated carbocycles. The van der Waals surface area contributed by atoms with Crippen molar-refractivity contribution in [1.82, 2.24) is 0 Å². The molecule has 0 heterocycles. The lowest BCUT2D eigenvalue weighted by atomic mass is 9.82. The third-order valence-corrected chi connectivity index (χ3v) is 4.32. The van der Waals surface area contributed by atoms with Gasteiger partial charge in [-0.15, -0.1) is 0 Å². The van der Waals surface area contributed by atoms with E-state index in [0.717, 1.165) is 17.9 Å². The lowest BCUT2D eigenvalue weighted by molar-refractivity contribution is -0.159. The van der Waals surface area contributed by atoms with Gasteiger partial charge in [-0.25, -0.2) is 0 Å². The summed E-state index contributed by atoms with van der Waals surface area (Å²) in [4.78, 5) is 24.2. The zero-order valence-corrected chi connectivity index (χ0v) is 13.3. The number of carbonyl (C=O) groups excluding carboxylic acids is 2. The van der Waals surface area contributed by atoms with Gasteiger partial charge in [0.25, 0.3) is 0 Å². The molecule has 0 bridgehead atoms. The van der Waals surface area contributed by atoms with Crippen LogP contribution in [0.25, 0.3) is 0 Å². The van der Waals surface area contributed by atoms with Crippen LogP contribution in [0.5, 0.6) is 5.75 Å². The van der Waals surface area contributed by atoms with Gasteiger partial charge in [0.1, 0.15) is 16.9 Å². The van der Waals surface area contributed by atoms with Crippen LogP contribution in [0, 0.1) is 5.41 Å². The van der Waals surface area contributed by atoms with Gasteiger partial charge >= 0.3 is 5.97 Å². The van der Waals surface area contributed by atoms with E-state index < -0.39 is 5.41 Å². The minimum Gasteiger partial charge on any atom is -0.497 e. The molecule has 120 valence electrons. The molecule has 1 N–H and O–H groups in total. The minimum atomic E-state index is -0.986. The highest BCUT2D eigenvalue weighted by molar-refractivity contribution is 6.03. The van der Waals surface area contributed by atoms with Crippen LogP contribution in [0.3, 0.4) is 0 Å². The summed E-state index contributed by atoms with van der Waals surface area (Å²) in [5.41, 5.74) is -0.0332. The molecule has 5 heteroatoms. The Morgan fingerprint density at radius 3 is 2.55 bits per heavy atom. The maximum Gasteiger partial charge on any atom is 0.319 e. The number of nitrogens with one attached hydrogen (secondary N) is 1. The highest BCUT2D eigenvalue weighted by Gasteiger charge is 2.50. The first-order valence-electron chi connectivity index (χ1n) is 7.60. The molecule has 0 spiro atoms. The van der Waals surface area contributed by atoms with Crippen molar-refractivity contribution < 1.29 is 19.1 Å². The first-order chi connectivity index (χ1) is 10.5. The number of ketones is 1. The van der Waals surface area contributed by atoms with Crippen LogP contribution in [-0.4, -0.2) is 31.5 Å². The van der Waals surface area contributed by atoms with Gasteiger partial charge in [0.15, 0.2) is 0 Å². The number of Topliss-reactive ketones (excluding diaryl/α,β-unsaturated/α-hetero) is 1. The number of hydrogen-bond acceptors (Lipinski definition) is 5. The van der Waals surface area contributed by atoms with Gasteiger partial charge in [-0.2, -0.15) is 0 Å². The molecule has 2 atom stereocenters. The quantitative estimate of drug-likeness (QED) is 0.647. The molecular weight excluding hydrogens is 282 g/mol. The summed E-state index contributed by atoms with van der Waals surface area (Å²) >= 11 is 0. The third-order valence-electron chi connectivity index (χ3n) is 4.32. The molecule has 22 heavy (non-hydrogen) atoms. The van der Waals surface area contributed by atoms with Gasteiger partial charge in [-0.05, 0) is 57.4 Å². The Balaban J connectivity index is 2.06. The smallest absolute Gasteiger partial charge is 0.319 e. The average molecular weight is 305 g/mol. The van der Waals surface area contributed by atoms with Crippen molar-refractivity contribution in [2.75, 3.05) is 19.0 Å². The Kier molecular flexibility index (Phi) is 5.06. The molecule has 0 saturated heterocycles. The first kappa shape index (κ1) is 16.3. The Labute approximate surface area is 131 Å². The Hall–Kier alpha value is -2.04. The minimum absolute atomic E-state index is 0.0849. The highest BCUT2D eigenvalue weighted by atomic mass is 16.5. The molecule has 1 aliphatic rings. The van der Waals surface area contributed by atoms with Crippen molar-refractivity contribution >= 4 is 17.4 Å². The number of anilines is 1. The standard InChI is InChI=1S/C17H23NO4/c1-4-22-16(20)17(12(2)19)10-9-14(11-17)18-13-5-7-15(21-3)8-6-13/h5-8,14,18H,4,9-11H2,1-3H3/t14-,17-/m1/s1. The Morgan fingerprint density at radius 2 is 2.00 bits per heavy atom. The van der Waals surface area contributed by atoms with Gasteiger partial charge < -0.3 is 14.8 Å². The van der Waals surface area contributed by atoms with Crippen LogP contribution in [0.2, 0.25) is 0 Å². The second kappa shape index (κ2) is 6.81. The van der Waals surface area contributed by atoms with Crippen molar-refractivity contribution in [2.45, 2.75) is 39.2 Å². The van der Waals surface area contributed by atoms with Gasteiger partial charge in [0, 0.05) is 11.7 Å². The summed E-state index contributed by atoms with van der Waals surface area (Å²) in [5, 5.41) is 3.38. The van der Waals surface area contributed by atoms with E-state index in [4.69, 9.17) is 9.47 Å². The monoisotopic (exact) mass is 305 g/mol. The molecule has 1 aliphatic carbocycles. The Bertz CT molecular complexity index is 540. The van der Waals surface area contributed by atoms with Crippen molar-refractivity contribution in [2.24, 2.45) is 5.41 Å². The van der Waals surface area contributed by atoms with Crippen molar-refractivity contribution in [3.63, 3.8) is 0 Å². The average Bonchev–Trinajstić information content (AvgIpc) is 2.94. The van der Waals surface area contributed by atoms with Crippen LogP contribution in [0.1, 0.15) is 33.1 Å². The van der Waals surface area contributed by atoms with Gasteiger partial charge in [0.2, 0.25) is 0 Å². The van der Waals surface area contributed by atoms with E-state index in [1.54, 1.807) is 14.0 Å². The van der Waals surface area contributed by atoms with Gasteiger partial charge in [-0.3, -0.25) is 9.59 Å². The van der Waals surface area contributed by atoms with Crippen molar-refractivity contribution in [3.05, 3.63) is 24.3 Å². The molecule has 0 radical (unpaired) electrons. The van der Waals surface area contributed by atoms with Crippen LogP contribution in [0.15, 0.2) is 24.3 Å². The molecule has 1 fully saturated rings. The van der Waals surface area contributed by atoms with Crippen LogP contribution < -0.4 is 10.1 Å². The molecule has 1 aromatic rings. The SMILES string of the molecule is CCOC(=O)[C@]1(C(C)=O)CC[C@@H](Nc2ccc(OC)cc2)C1. The van der Waals surface area contributed by atoms with E-state index in [2.05, 4.69) is 5.32 Å². The summed E-state index contributed by atoms with van der Waals surface area (Å²) in [6, 6.07) is 7.69. The van der Waals surface area contributed by atoms with E-state index in [1.165, 1.54) is 6.92 Å². The molecule has 0 aliphatic heterocycles. The number of esters is 1. The summed E-state index contributed by atoms with van der Waals surface area (Å²) in [6.45, 7) is 3.53. The zero-order chi connectivity index (χ0) is 16.2. The number of rotatable bonds is 6. The second-order valence-corrected chi connectivity index (χ2v) is 5.67. The summed E-state index contributed by atoms with van der Waals surface area (Å²) < 4.78 is 10.2. The van der Waals surface area contributed by atoms with E-state index in [-0.39, 0.29) is 17.8 Å². The normalized spacial score (nSPS) is 23.9. The molecule has 5 nitrogen and oxygen atoms in total. The van der Waals surface area contributed by atoms with Crippen molar-refractivity contribution in [3.8, 4) is 5.75 Å². The number of hydrogen-bond donors (Lipinski definition) is 1.